The molecule has 0 bridgehead atoms. The molecule has 4 N–H and O–H groups in total. The van der Waals surface area contributed by atoms with E-state index < -0.39 is 16.5 Å². The van der Waals surface area contributed by atoms with Crippen LogP contribution in [-0.2, 0) is 14.3 Å². The van der Waals surface area contributed by atoms with Gasteiger partial charge in [-0.05, 0) is 11.1 Å². The van der Waals surface area contributed by atoms with E-state index in [-0.39, 0.29) is 0 Å². The van der Waals surface area contributed by atoms with Crippen molar-refractivity contribution < 1.29 is 22.4 Å². The van der Waals surface area contributed by atoms with Crippen LogP contribution in [0.5, 0.6) is 0 Å². The quantitative estimate of drug-likeness (QED) is 0.578. The minimum Gasteiger partial charge on any atom is -0.321 e. The first-order chi connectivity index (χ1) is 9.22. The van der Waals surface area contributed by atoms with Crippen molar-refractivity contribution in [1.82, 2.24) is 0 Å². The van der Waals surface area contributed by atoms with Gasteiger partial charge in [0.15, 0.2) is 0 Å². The van der Waals surface area contributed by atoms with Crippen molar-refractivity contribution in [3.05, 3.63) is 60.7 Å². The second kappa shape index (κ2) is 6.78. The first kappa shape index (κ1) is 16.6. The van der Waals surface area contributed by atoms with E-state index in [1.807, 2.05) is 12.1 Å². The smallest absolute Gasteiger partial charge is 0.321 e. The van der Waals surface area contributed by atoms with Gasteiger partial charge < -0.3 is 4.89 Å². The number of hydrogen-bond donors (Lipinski definition) is 3. The molecule has 0 aliphatic rings. The van der Waals surface area contributed by atoms with E-state index in [0.29, 0.717) is 0 Å². The lowest BCUT2D eigenvalue weighted by molar-refractivity contribution is 0.459. The summed E-state index contributed by atoms with van der Waals surface area (Å²) < 4.78 is 36.6. The average Bonchev–Trinajstić information content (AvgIpc) is 2.39. The molecule has 1 unspecified atom stereocenters. The molecule has 0 fully saturated rings. The van der Waals surface area contributed by atoms with Gasteiger partial charge >= 0.3 is 16.5 Å². The summed E-state index contributed by atoms with van der Waals surface area (Å²) in [4.78, 5) is 7.85. The maximum atomic E-state index is 9.73. The molecule has 0 amide bonds. The van der Waals surface area contributed by atoms with Gasteiger partial charge in [-0.15, -0.1) is 0 Å². The van der Waals surface area contributed by atoms with Crippen molar-refractivity contribution in [2.45, 2.75) is 0 Å². The monoisotopic (exact) mass is 315 g/mol. The Kier molecular flexibility index (Phi) is 5.62. The summed E-state index contributed by atoms with van der Waals surface area (Å²) in [6, 6.07) is 20.8. The van der Waals surface area contributed by atoms with Crippen molar-refractivity contribution in [3.8, 4) is 11.1 Å². The first-order valence-electron chi connectivity index (χ1n) is 5.41. The largest absolute Gasteiger partial charge is 0.404 e. The molecule has 0 saturated heterocycles. The number of benzene rings is 2. The second-order valence-electron chi connectivity index (χ2n) is 3.74. The van der Waals surface area contributed by atoms with Crippen LogP contribution in [0.25, 0.3) is 11.1 Å². The van der Waals surface area contributed by atoms with Crippen molar-refractivity contribution in [3.63, 3.8) is 0 Å². The van der Waals surface area contributed by atoms with Crippen molar-refractivity contribution >= 4 is 16.5 Å². The molecule has 6 nitrogen and oxygen atoms in total. The van der Waals surface area contributed by atoms with Crippen LogP contribution in [0.3, 0.4) is 0 Å². The van der Waals surface area contributed by atoms with Gasteiger partial charge in [0.2, 0.25) is 0 Å². The summed E-state index contributed by atoms with van der Waals surface area (Å²) in [5.41, 5.74) is 6.64. The Labute approximate surface area is 116 Å². The topological polar surface area (TPSA) is 118 Å². The molecule has 2 aromatic carbocycles. The van der Waals surface area contributed by atoms with Crippen LogP contribution in [0.2, 0.25) is 0 Å². The molecule has 0 aliphatic carbocycles. The van der Waals surface area contributed by atoms with E-state index in [2.05, 4.69) is 54.0 Å². The van der Waals surface area contributed by atoms with E-state index in [0.717, 1.165) is 0 Å². The van der Waals surface area contributed by atoms with Crippen molar-refractivity contribution in [2.24, 2.45) is 5.50 Å². The summed E-state index contributed by atoms with van der Waals surface area (Å²) >= 11 is 0. The highest BCUT2D eigenvalue weighted by Crippen LogP contribution is 2.36. The Balaban J connectivity index is 0.000000221. The van der Waals surface area contributed by atoms with Gasteiger partial charge in [-0.25, -0.2) is 5.50 Å². The molecule has 0 saturated carbocycles. The summed E-state index contributed by atoms with van der Waals surface area (Å²) in [5, 5.41) is 0. The zero-order chi connectivity index (χ0) is 15.2. The van der Waals surface area contributed by atoms with Crippen LogP contribution in [0, 0.1) is 0 Å². The Bertz CT molecular complexity index is 645. The highest BCUT2D eigenvalue weighted by atomic mass is 32.8. The SMILES string of the molecule is NP(=O)(O)S(=O)(=O)O.c1ccc(-c2ccccc2)cc1. The third kappa shape index (κ3) is 5.24. The predicted octanol–water partition coefficient (Wildman–Crippen LogP) is 2.29. The Morgan fingerprint density at radius 3 is 1.30 bits per heavy atom. The highest BCUT2D eigenvalue weighted by Gasteiger charge is 2.28. The maximum absolute atomic E-state index is 9.73. The Morgan fingerprint density at radius 1 is 0.850 bits per heavy atom. The summed E-state index contributed by atoms with van der Waals surface area (Å²) in [6.45, 7) is -4.82. The molecule has 2 aromatic rings. The fourth-order valence-corrected chi connectivity index (χ4v) is 1.26. The fourth-order valence-electron chi connectivity index (χ4n) is 1.26. The average molecular weight is 315 g/mol. The summed E-state index contributed by atoms with van der Waals surface area (Å²) in [6.07, 6.45) is 0. The maximum Gasteiger partial charge on any atom is 0.404 e. The van der Waals surface area contributed by atoms with E-state index in [1.165, 1.54) is 11.1 Å². The lowest BCUT2D eigenvalue weighted by Crippen LogP contribution is -2.05. The summed E-state index contributed by atoms with van der Waals surface area (Å²) in [5.74, 6) is 0. The number of nitrogens with two attached hydrogens (primary N) is 1. The predicted molar refractivity (Wildman–Crippen MR) is 77.4 cm³/mol. The van der Waals surface area contributed by atoms with Crippen LogP contribution in [0.4, 0.5) is 0 Å². The third-order valence-corrected chi connectivity index (χ3v) is 4.86. The normalized spacial score (nSPS) is 13.8. The standard InChI is InChI=1S/C12H10.H4NO5PS/c1-3-7-11(8-4-1)12-9-5-2-6-10-12;1-7(2,3)8(4,5)6/h1-10H;(H3,1,2,3)(H,4,5,6). The van der Waals surface area contributed by atoms with Crippen LogP contribution in [0.15, 0.2) is 60.7 Å². The number of hydrogen-bond acceptors (Lipinski definition) is 3. The molecule has 0 radical (unpaired) electrons. The minimum atomic E-state index is -4.95. The van der Waals surface area contributed by atoms with Crippen molar-refractivity contribution in [1.29, 1.82) is 0 Å². The molecular weight excluding hydrogens is 301 g/mol. The van der Waals surface area contributed by atoms with Gasteiger partial charge in [0.05, 0.1) is 0 Å². The molecule has 0 aliphatic heterocycles. The Hall–Kier alpha value is -1.50. The van der Waals surface area contributed by atoms with E-state index in [9.17, 15) is 13.0 Å². The molecule has 1 atom stereocenters. The second-order valence-corrected chi connectivity index (χ2v) is 8.72. The molecular formula is C12H14NO5PS. The molecule has 0 heterocycles. The van der Waals surface area contributed by atoms with Gasteiger partial charge in [0.25, 0.3) is 0 Å². The van der Waals surface area contributed by atoms with Gasteiger partial charge in [-0.3, -0.25) is 9.12 Å². The molecule has 108 valence electrons. The zero-order valence-electron chi connectivity index (χ0n) is 10.3. The van der Waals surface area contributed by atoms with E-state index in [4.69, 9.17) is 9.45 Å². The molecule has 8 heteroatoms. The molecule has 0 aromatic heterocycles. The molecule has 2 rings (SSSR count). The van der Waals surface area contributed by atoms with E-state index in [1.54, 1.807) is 0 Å². The third-order valence-electron chi connectivity index (χ3n) is 2.21. The molecule has 20 heavy (non-hydrogen) atoms. The van der Waals surface area contributed by atoms with Gasteiger partial charge in [0, 0.05) is 0 Å². The van der Waals surface area contributed by atoms with Crippen LogP contribution in [-0.4, -0.2) is 17.9 Å². The van der Waals surface area contributed by atoms with Gasteiger partial charge in [0.1, 0.15) is 0 Å². The van der Waals surface area contributed by atoms with Gasteiger partial charge in [-0.1, -0.05) is 60.7 Å². The minimum absolute atomic E-state index is 1.28. The summed E-state index contributed by atoms with van der Waals surface area (Å²) in [7, 11) is -4.95. The van der Waals surface area contributed by atoms with Crippen molar-refractivity contribution in [2.75, 3.05) is 0 Å². The fraction of sp³-hybridized carbons (Fsp3) is 0. The lowest BCUT2D eigenvalue weighted by Gasteiger charge is -1.98. The number of rotatable bonds is 2. The zero-order valence-corrected chi connectivity index (χ0v) is 12.0. The highest BCUT2D eigenvalue weighted by molar-refractivity contribution is 8.47. The van der Waals surface area contributed by atoms with Crippen LogP contribution in [0.1, 0.15) is 0 Å². The molecule has 0 spiro atoms. The first-order valence-corrected chi connectivity index (χ1v) is 9.18. The van der Waals surface area contributed by atoms with Gasteiger partial charge in [-0.2, -0.15) is 8.42 Å². The lowest BCUT2D eigenvalue weighted by atomic mass is 10.1. The van der Waals surface area contributed by atoms with Crippen LogP contribution < -0.4 is 5.50 Å². The van der Waals surface area contributed by atoms with E-state index >= 15 is 0 Å². The van der Waals surface area contributed by atoms with Crippen LogP contribution >= 0.6 is 6.72 Å². The Morgan fingerprint density at radius 2 is 1.10 bits per heavy atom.